The van der Waals surface area contributed by atoms with Crippen molar-refractivity contribution in [2.75, 3.05) is 20.7 Å². The van der Waals surface area contributed by atoms with Gasteiger partial charge in [0, 0.05) is 62.8 Å². The molecule has 0 aliphatic rings. The minimum Gasteiger partial charge on any atom is -0.400 e. The van der Waals surface area contributed by atoms with Gasteiger partial charge in [0.05, 0.1) is 84.4 Å². The lowest BCUT2D eigenvalue weighted by Crippen LogP contribution is -1.89. The molecule has 7 heterocycles. The number of imidazole rings is 7. The summed E-state index contributed by atoms with van der Waals surface area (Å²) in [4.78, 5) is 30.6. The molecule has 0 bridgehead atoms. The fourth-order valence-corrected chi connectivity index (χ4v) is 8.86. The van der Waals surface area contributed by atoms with Crippen LogP contribution in [0, 0.1) is 48.5 Å². The van der Waals surface area contributed by atoms with Crippen molar-refractivity contribution in [3.05, 3.63) is 211 Å². The van der Waals surface area contributed by atoms with Crippen molar-refractivity contribution in [2.45, 2.75) is 96.4 Å². The number of hydrogen-bond donors (Lipinski definition) is 1. The summed E-state index contributed by atoms with van der Waals surface area (Å²) in [6.07, 6.45) is 2.72. The van der Waals surface area contributed by atoms with E-state index in [1.807, 2.05) is 253 Å². The molecule has 7 aromatic heterocycles. The highest BCUT2D eigenvalue weighted by Crippen LogP contribution is 2.18. The first kappa shape index (κ1) is 77.1. The molecule has 0 aliphatic carbocycles. The number of aryl methyl sites for hydroxylation is 14. The van der Waals surface area contributed by atoms with Crippen molar-refractivity contribution in [3.63, 3.8) is 0 Å². The van der Waals surface area contributed by atoms with Gasteiger partial charge in [-0.05, 0) is 133 Å². The van der Waals surface area contributed by atoms with E-state index in [2.05, 4.69) is 135 Å². The largest absolute Gasteiger partial charge is 0.400 e. The SMILES string of the molecule is CC.CC.CCC.CCl.CF.CO.Cc1nc2ccccc2n1C.Cc1nc2ccccc2n1C.Cc1nc2ccccc2n1C.Cc1nc2ccccc2n1C.Cc1nc2ccccc2n1C.Cc1nc2ccccc2n1C.Cc1nc2ccccc2n1C. The average Bonchev–Trinajstić information content (AvgIpc) is 3.17. The van der Waals surface area contributed by atoms with Crippen LogP contribution in [-0.2, 0) is 49.3 Å². The summed E-state index contributed by atoms with van der Waals surface area (Å²) in [6, 6.07) is 57.0. The Hall–Kier alpha value is -8.99. The van der Waals surface area contributed by atoms with Gasteiger partial charge in [0.1, 0.15) is 40.8 Å². The summed E-state index contributed by atoms with van der Waals surface area (Å²) in [6.45, 7) is 26.3. The lowest BCUT2D eigenvalue weighted by molar-refractivity contribution is 0.399. The third kappa shape index (κ3) is 20.8. The maximum absolute atomic E-state index is 9.50. The fraction of sp³-hybridized carbons (Fsp3) is 0.329. The first-order valence-corrected chi connectivity index (χ1v) is 31.1. The molecule has 15 nitrogen and oxygen atoms in total. The highest BCUT2D eigenvalue weighted by atomic mass is 35.5. The minimum atomic E-state index is 0.500. The summed E-state index contributed by atoms with van der Waals surface area (Å²) >= 11 is 4.64. The van der Waals surface area contributed by atoms with Crippen LogP contribution in [0.2, 0.25) is 0 Å². The number of aliphatic hydroxyl groups excluding tert-OH is 1. The topological polar surface area (TPSA) is 145 Å². The Labute approximate surface area is 539 Å². The van der Waals surface area contributed by atoms with Gasteiger partial charge < -0.3 is 37.1 Å². The van der Waals surface area contributed by atoms with Crippen molar-refractivity contribution >= 4 is 88.8 Å². The number of hydrogen-bond acceptors (Lipinski definition) is 8. The highest BCUT2D eigenvalue weighted by Gasteiger charge is 2.06. The molecular formula is C73H100ClFN14O. The molecule has 17 heteroatoms. The number of alkyl halides is 2. The number of nitrogens with zero attached hydrogens (tertiary/aromatic N) is 14. The number of aromatic nitrogens is 14. The Kier molecular flexibility index (Phi) is 34.7. The van der Waals surface area contributed by atoms with Gasteiger partial charge in [0.25, 0.3) is 0 Å². The van der Waals surface area contributed by atoms with Crippen LogP contribution in [0.25, 0.3) is 77.2 Å². The molecule has 14 rings (SSSR count). The number of halogens is 2. The van der Waals surface area contributed by atoms with Crippen LogP contribution in [0.15, 0.2) is 170 Å². The van der Waals surface area contributed by atoms with Crippen LogP contribution in [-0.4, -0.2) is 92.6 Å². The summed E-state index contributed by atoms with van der Waals surface area (Å²) in [5.74, 6) is 7.43. The zero-order valence-corrected chi connectivity index (χ0v) is 58.6. The maximum Gasteiger partial charge on any atom is 0.106 e. The van der Waals surface area contributed by atoms with E-state index in [-0.39, 0.29) is 0 Å². The minimum absolute atomic E-state index is 0.500. The van der Waals surface area contributed by atoms with Crippen LogP contribution < -0.4 is 0 Å². The lowest BCUT2D eigenvalue weighted by Gasteiger charge is -1.93. The Morgan fingerprint density at radius 3 is 0.444 bits per heavy atom. The quantitative estimate of drug-likeness (QED) is 0.148. The van der Waals surface area contributed by atoms with Crippen LogP contribution >= 0.6 is 11.6 Å². The predicted octanol–water partition coefficient (Wildman–Crippen LogP) is 17.7. The van der Waals surface area contributed by atoms with Gasteiger partial charge >= 0.3 is 0 Å². The normalized spacial score (nSPS) is 9.71. The van der Waals surface area contributed by atoms with E-state index in [1.165, 1.54) is 51.4 Å². The van der Waals surface area contributed by atoms with E-state index < -0.39 is 0 Å². The molecule has 0 radical (unpaired) electrons. The van der Waals surface area contributed by atoms with E-state index in [4.69, 9.17) is 5.11 Å². The van der Waals surface area contributed by atoms with Crippen molar-refractivity contribution in [1.29, 1.82) is 0 Å². The predicted molar refractivity (Wildman–Crippen MR) is 384 cm³/mol. The summed E-state index contributed by atoms with van der Waals surface area (Å²) in [5, 5.41) is 7.00. The second-order valence-corrected chi connectivity index (χ2v) is 19.7. The van der Waals surface area contributed by atoms with Crippen LogP contribution in [0.1, 0.15) is 88.7 Å². The van der Waals surface area contributed by atoms with Crippen molar-refractivity contribution in [3.8, 4) is 0 Å². The molecule has 0 saturated heterocycles. The first-order valence-electron chi connectivity index (χ1n) is 30.3. The van der Waals surface area contributed by atoms with Gasteiger partial charge in [0.2, 0.25) is 0 Å². The molecule has 14 aromatic rings. The van der Waals surface area contributed by atoms with E-state index in [1.54, 1.807) is 0 Å². The van der Waals surface area contributed by atoms with Gasteiger partial charge in [-0.15, -0.1) is 11.6 Å². The lowest BCUT2D eigenvalue weighted by atomic mass is 10.3. The number of para-hydroxylation sites is 14. The molecular weight excluding hydrogens is 1140 g/mol. The van der Waals surface area contributed by atoms with E-state index in [9.17, 15) is 4.39 Å². The standard InChI is InChI=1S/7C9H10N2.C3H8.2C2H6.CH3Cl.CH3F.CH4O/c7*1-7-10-8-5-3-4-6-9(8)11(7)2;1-3-2;5*1-2/h7*3-6H,1-2H3;3H2,1-2H3;2*1-2H3;2*1H3;2H,1H3. The molecule has 90 heavy (non-hydrogen) atoms. The molecule has 1 N–H and O–H groups in total. The molecule has 7 aromatic carbocycles. The van der Waals surface area contributed by atoms with Crippen molar-refractivity contribution in [2.24, 2.45) is 49.3 Å². The summed E-state index contributed by atoms with van der Waals surface area (Å²) < 4.78 is 24.1. The fourth-order valence-electron chi connectivity index (χ4n) is 8.86. The Bertz CT molecular complexity index is 3520. The molecule has 482 valence electrons. The Morgan fingerprint density at radius 1 is 0.267 bits per heavy atom. The molecule has 0 saturated carbocycles. The number of benzene rings is 7. The number of fused-ring (bicyclic) bond motifs is 7. The van der Waals surface area contributed by atoms with Crippen LogP contribution in [0.5, 0.6) is 0 Å². The molecule has 0 spiro atoms. The van der Waals surface area contributed by atoms with Gasteiger partial charge in [-0.2, -0.15) is 0 Å². The molecule has 0 fully saturated rings. The molecule has 0 amide bonds. The van der Waals surface area contributed by atoms with Crippen LogP contribution in [0.4, 0.5) is 4.39 Å². The highest BCUT2D eigenvalue weighted by molar-refractivity contribution is 6.15. The summed E-state index contributed by atoms with van der Waals surface area (Å²) in [7, 11) is 15.7. The number of aliphatic hydroxyl groups is 1. The second-order valence-electron chi connectivity index (χ2n) is 19.7. The van der Waals surface area contributed by atoms with Gasteiger partial charge in [-0.3, -0.25) is 4.39 Å². The van der Waals surface area contributed by atoms with Crippen molar-refractivity contribution in [1.82, 2.24) is 66.9 Å². The number of rotatable bonds is 0. The van der Waals surface area contributed by atoms with Gasteiger partial charge in [0.15, 0.2) is 0 Å². The summed E-state index contributed by atoms with van der Waals surface area (Å²) in [5.41, 5.74) is 15.9. The maximum atomic E-state index is 9.50. The Morgan fingerprint density at radius 2 is 0.356 bits per heavy atom. The van der Waals surface area contributed by atoms with E-state index in [0.717, 1.165) is 86.5 Å². The van der Waals surface area contributed by atoms with Gasteiger partial charge in [-0.1, -0.05) is 133 Å². The van der Waals surface area contributed by atoms with E-state index in [0.29, 0.717) is 7.18 Å². The molecule has 0 aliphatic heterocycles. The smallest absolute Gasteiger partial charge is 0.106 e. The third-order valence-electron chi connectivity index (χ3n) is 14.1. The average molecular weight is 1240 g/mol. The Balaban J connectivity index is 0.000000347. The monoisotopic (exact) mass is 1240 g/mol. The second kappa shape index (κ2) is 40.5. The zero-order valence-electron chi connectivity index (χ0n) is 57.8. The molecule has 0 unspecified atom stereocenters. The van der Waals surface area contributed by atoms with E-state index >= 15 is 0 Å². The van der Waals surface area contributed by atoms with Crippen LogP contribution in [0.3, 0.4) is 0 Å². The third-order valence-corrected chi connectivity index (χ3v) is 14.1. The zero-order chi connectivity index (χ0) is 67.6. The van der Waals surface area contributed by atoms with Crippen molar-refractivity contribution < 1.29 is 9.50 Å². The van der Waals surface area contributed by atoms with Gasteiger partial charge in [-0.25, -0.2) is 34.9 Å². The molecule has 0 atom stereocenters. The first-order chi connectivity index (χ1) is 43.4.